The number of rotatable bonds is 3. The smallest absolute Gasteiger partial charge is 0.358 e. The zero-order chi connectivity index (χ0) is 14.3. The molecule has 1 saturated carbocycles. The van der Waals surface area contributed by atoms with E-state index < -0.39 is 5.97 Å². The number of carbonyl (C=O) groups is 1. The van der Waals surface area contributed by atoms with Crippen molar-refractivity contribution in [2.75, 3.05) is 0 Å². The van der Waals surface area contributed by atoms with E-state index in [1.54, 1.807) is 4.68 Å². The predicted octanol–water partition coefficient (Wildman–Crippen LogP) is 2.85. The first-order chi connectivity index (χ1) is 9.59. The van der Waals surface area contributed by atoms with Gasteiger partial charge in [0.1, 0.15) is 0 Å². The average Bonchev–Trinajstić information content (AvgIpc) is 2.75. The van der Waals surface area contributed by atoms with E-state index in [0.29, 0.717) is 0 Å². The van der Waals surface area contributed by atoms with Crippen LogP contribution in [0.15, 0.2) is 18.2 Å². The third kappa shape index (κ3) is 1.90. The Morgan fingerprint density at radius 1 is 1.35 bits per heavy atom. The van der Waals surface area contributed by atoms with E-state index in [1.165, 1.54) is 0 Å². The highest BCUT2D eigenvalue weighted by Gasteiger charge is 2.31. The number of aromatic carboxylic acids is 1. The van der Waals surface area contributed by atoms with Gasteiger partial charge >= 0.3 is 5.97 Å². The van der Waals surface area contributed by atoms with Crippen molar-refractivity contribution in [3.63, 3.8) is 0 Å². The zero-order valence-electron chi connectivity index (χ0n) is 11.6. The van der Waals surface area contributed by atoms with Crippen molar-refractivity contribution in [1.82, 2.24) is 15.0 Å². The number of carboxylic acid groups (broad SMARTS) is 1. The van der Waals surface area contributed by atoms with E-state index >= 15 is 0 Å². The van der Waals surface area contributed by atoms with E-state index in [4.69, 9.17) is 0 Å². The van der Waals surface area contributed by atoms with Crippen molar-refractivity contribution >= 4 is 5.97 Å². The highest BCUT2D eigenvalue weighted by atomic mass is 16.4. The lowest BCUT2D eigenvalue weighted by molar-refractivity contribution is 0.0687. The Balaban J connectivity index is 2.18. The summed E-state index contributed by atoms with van der Waals surface area (Å²) in [5, 5.41) is 17.3. The van der Waals surface area contributed by atoms with E-state index in [1.807, 2.05) is 32.0 Å². The van der Waals surface area contributed by atoms with Crippen molar-refractivity contribution in [3.05, 3.63) is 40.7 Å². The van der Waals surface area contributed by atoms with Gasteiger partial charge < -0.3 is 5.11 Å². The Bertz CT molecular complexity index is 672. The van der Waals surface area contributed by atoms with Gasteiger partial charge in [0.15, 0.2) is 5.69 Å². The van der Waals surface area contributed by atoms with Gasteiger partial charge in [-0.05, 0) is 43.9 Å². The normalized spacial score (nSPS) is 15.1. The van der Waals surface area contributed by atoms with Crippen LogP contribution in [0.3, 0.4) is 0 Å². The molecule has 0 amide bonds. The molecule has 1 aromatic carbocycles. The first-order valence-electron chi connectivity index (χ1n) is 6.85. The molecule has 2 aromatic rings. The summed E-state index contributed by atoms with van der Waals surface area (Å²) in [6, 6.07) is 5.96. The Morgan fingerprint density at radius 2 is 2.10 bits per heavy atom. The first kappa shape index (κ1) is 12.8. The SMILES string of the molecule is Cc1cccc(-n2nnc(C(=O)O)c2C2CCC2)c1C. The maximum Gasteiger partial charge on any atom is 0.358 e. The summed E-state index contributed by atoms with van der Waals surface area (Å²) in [5.74, 6) is -0.737. The molecule has 3 rings (SSSR count). The molecule has 0 unspecified atom stereocenters. The molecule has 5 heteroatoms. The zero-order valence-corrected chi connectivity index (χ0v) is 11.6. The molecule has 0 spiro atoms. The largest absolute Gasteiger partial charge is 0.476 e. The van der Waals surface area contributed by atoms with Crippen molar-refractivity contribution in [3.8, 4) is 5.69 Å². The van der Waals surface area contributed by atoms with Crippen LogP contribution < -0.4 is 0 Å². The monoisotopic (exact) mass is 271 g/mol. The first-order valence-corrected chi connectivity index (χ1v) is 6.85. The molecule has 0 saturated heterocycles. The molecule has 0 bridgehead atoms. The summed E-state index contributed by atoms with van der Waals surface area (Å²) in [7, 11) is 0. The number of hydrogen-bond acceptors (Lipinski definition) is 3. The second kappa shape index (κ2) is 4.74. The van der Waals surface area contributed by atoms with Crippen molar-refractivity contribution in [2.24, 2.45) is 0 Å². The standard InChI is InChI=1S/C15H17N3O2/c1-9-5-3-8-12(10(9)2)18-14(11-6-4-7-11)13(15(19)20)16-17-18/h3,5,8,11H,4,6-7H2,1-2H3,(H,19,20). The van der Waals surface area contributed by atoms with Crippen LogP contribution in [0.2, 0.25) is 0 Å². The minimum Gasteiger partial charge on any atom is -0.476 e. The van der Waals surface area contributed by atoms with Crippen LogP contribution in [0.1, 0.15) is 52.5 Å². The lowest BCUT2D eigenvalue weighted by atomic mass is 9.82. The molecular formula is C15H17N3O2. The summed E-state index contributed by atoms with van der Waals surface area (Å²) in [6.45, 7) is 4.06. The average molecular weight is 271 g/mol. The minimum atomic E-state index is -0.997. The van der Waals surface area contributed by atoms with Gasteiger partial charge in [0.2, 0.25) is 0 Å². The number of hydrogen-bond donors (Lipinski definition) is 1. The fourth-order valence-electron chi connectivity index (χ4n) is 2.63. The molecule has 0 aliphatic heterocycles. The lowest BCUT2D eigenvalue weighted by Crippen LogP contribution is -2.18. The molecule has 0 radical (unpaired) electrons. The van der Waals surface area contributed by atoms with E-state index in [9.17, 15) is 9.90 Å². The van der Waals surface area contributed by atoms with Gasteiger partial charge in [-0.15, -0.1) is 5.10 Å². The molecule has 1 heterocycles. The van der Waals surface area contributed by atoms with Gasteiger partial charge in [0.25, 0.3) is 0 Å². The van der Waals surface area contributed by atoms with Crippen molar-refractivity contribution in [1.29, 1.82) is 0 Å². The summed E-state index contributed by atoms with van der Waals surface area (Å²) in [4.78, 5) is 11.3. The third-order valence-electron chi connectivity index (χ3n) is 4.20. The van der Waals surface area contributed by atoms with E-state index in [0.717, 1.165) is 41.8 Å². The van der Waals surface area contributed by atoms with Crippen molar-refractivity contribution < 1.29 is 9.90 Å². The summed E-state index contributed by atoms with van der Waals surface area (Å²) in [6.07, 6.45) is 3.17. The van der Waals surface area contributed by atoms with Crippen LogP contribution in [0.5, 0.6) is 0 Å². The number of carboxylic acids is 1. The molecule has 1 fully saturated rings. The molecule has 1 aliphatic rings. The predicted molar refractivity (Wildman–Crippen MR) is 74.4 cm³/mol. The maximum absolute atomic E-state index is 11.3. The lowest BCUT2D eigenvalue weighted by Gasteiger charge is -2.26. The molecule has 1 aliphatic carbocycles. The molecule has 1 aromatic heterocycles. The summed E-state index contributed by atoms with van der Waals surface area (Å²) in [5.41, 5.74) is 4.03. The van der Waals surface area contributed by atoms with Crippen LogP contribution in [0.4, 0.5) is 0 Å². The maximum atomic E-state index is 11.3. The van der Waals surface area contributed by atoms with Crippen molar-refractivity contribution in [2.45, 2.75) is 39.0 Å². The molecule has 104 valence electrons. The van der Waals surface area contributed by atoms with Gasteiger partial charge in [0.05, 0.1) is 11.4 Å². The Hall–Kier alpha value is -2.17. The highest BCUT2D eigenvalue weighted by Crippen LogP contribution is 2.38. The number of aromatic nitrogens is 3. The Morgan fingerprint density at radius 3 is 2.70 bits per heavy atom. The number of aryl methyl sites for hydroxylation is 1. The third-order valence-corrected chi connectivity index (χ3v) is 4.20. The molecule has 20 heavy (non-hydrogen) atoms. The molecular weight excluding hydrogens is 254 g/mol. The van der Waals surface area contributed by atoms with Crippen LogP contribution in [0.25, 0.3) is 5.69 Å². The fourth-order valence-corrected chi connectivity index (χ4v) is 2.63. The topological polar surface area (TPSA) is 68.0 Å². The van der Waals surface area contributed by atoms with E-state index in [-0.39, 0.29) is 11.6 Å². The second-order valence-corrected chi connectivity index (χ2v) is 5.39. The number of nitrogens with zero attached hydrogens (tertiary/aromatic N) is 3. The number of benzene rings is 1. The van der Waals surface area contributed by atoms with Gasteiger partial charge in [-0.2, -0.15) is 0 Å². The molecule has 0 atom stereocenters. The van der Waals surface area contributed by atoms with Gasteiger partial charge in [-0.3, -0.25) is 0 Å². The van der Waals surface area contributed by atoms with Crippen LogP contribution in [-0.2, 0) is 0 Å². The fraction of sp³-hybridized carbons (Fsp3) is 0.400. The Kier molecular flexibility index (Phi) is 3.04. The van der Waals surface area contributed by atoms with Gasteiger partial charge in [-0.1, -0.05) is 23.8 Å². The second-order valence-electron chi connectivity index (χ2n) is 5.39. The van der Waals surface area contributed by atoms with Crippen LogP contribution >= 0.6 is 0 Å². The molecule has 5 nitrogen and oxygen atoms in total. The minimum absolute atomic E-state index is 0.0932. The summed E-state index contributed by atoms with van der Waals surface area (Å²) >= 11 is 0. The Labute approximate surface area is 117 Å². The van der Waals surface area contributed by atoms with Crippen LogP contribution in [0, 0.1) is 13.8 Å². The molecule has 1 N–H and O–H groups in total. The van der Waals surface area contributed by atoms with Gasteiger partial charge in [0, 0.05) is 5.92 Å². The highest BCUT2D eigenvalue weighted by molar-refractivity contribution is 5.87. The van der Waals surface area contributed by atoms with E-state index in [2.05, 4.69) is 10.3 Å². The van der Waals surface area contributed by atoms with Crippen LogP contribution in [-0.4, -0.2) is 26.1 Å². The quantitative estimate of drug-likeness (QED) is 0.932. The summed E-state index contributed by atoms with van der Waals surface area (Å²) < 4.78 is 1.72. The van der Waals surface area contributed by atoms with Gasteiger partial charge in [-0.25, -0.2) is 9.48 Å².